The fourth-order valence-corrected chi connectivity index (χ4v) is 3.24. The highest BCUT2D eigenvalue weighted by atomic mass is 19.1. The summed E-state index contributed by atoms with van der Waals surface area (Å²) in [5.74, 6) is 0.964. The maximum atomic E-state index is 13.4. The summed E-state index contributed by atoms with van der Waals surface area (Å²) in [6.07, 6.45) is 6.77. The van der Waals surface area contributed by atoms with Crippen LogP contribution in [0.15, 0.2) is 66.3 Å². The van der Waals surface area contributed by atoms with E-state index in [9.17, 15) is 4.39 Å². The Morgan fingerprint density at radius 2 is 1.97 bits per heavy atom. The fraction of sp³-hybridized carbons (Fsp3) is 0.130. The number of hydrogen-bond donors (Lipinski definition) is 1. The van der Waals surface area contributed by atoms with Gasteiger partial charge in [0.05, 0.1) is 42.9 Å². The van der Waals surface area contributed by atoms with Crippen molar-refractivity contribution in [3.05, 3.63) is 84.0 Å². The third-order valence-corrected chi connectivity index (χ3v) is 4.79. The smallest absolute Gasteiger partial charge is 0.173 e. The van der Waals surface area contributed by atoms with Gasteiger partial charge in [-0.15, -0.1) is 0 Å². The molecule has 7 nitrogen and oxygen atoms in total. The standard InChI is InChI=1S/C23H21FN6O/c1-14-8-17(24)5-6-18(14)19-10-26-11-22(28-19)29-23(25)16-4-7-20(21(9-16)31-3)30-12-15(2)27-13-30/h4-13H,1-3H3,(H2,25,28,29). The SMILES string of the molecule is COc1cc(C(N)=Nc2cncc(-c3ccc(F)cc3C)n2)ccc1-n1cnc(C)c1. The predicted octanol–water partition coefficient (Wildman–Crippen LogP) is 4.13. The Balaban J connectivity index is 1.67. The lowest BCUT2D eigenvalue weighted by molar-refractivity contribution is 0.413. The predicted molar refractivity (Wildman–Crippen MR) is 117 cm³/mol. The molecule has 156 valence electrons. The second-order valence-corrected chi connectivity index (χ2v) is 7.03. The molecule has 4 rings (SSSR count). The molecule has 0 aliphatic carbocycles. The number of aromatic nitrogens is 4. The van der Waals surface area contributed by atoms with Gasteiger partial charge in [0.25, 0.3) is 0 Å². The Morgan fingerprint density at radius 1 is 1.13 bits per heavy atom. The molecule has 0 aliphatic rings. The zero-order valence-corrected chi connectivity index (χ0v) is 17.4. The molecule has 0 bridgehead atoms. The van der Waals surface area contributed by atoms with E-state index in [0.29, 0.717) is 22.8 Å². The number of ether oxygens (including phenoxy) is 1. The van der Waals surface area contributed by atoms with Crippen molar-refractivity contribution in [3.63, 3.8) is 0 Å². The maximum Gasteiger partial charge on any atom is 0.173 e. The average Bonchev–Trinajstić information content (AvgIpc) is 3.19. The quantitative estimate of drug-likeness (QED) is 0.390. The zero-order chi connectivity index (χ0) is 22.0. The number of methoxy groups -OCH3 is 1. The van der Waals surface area contributed by atoms with E-state index >= 15 is 0 Å². The van der Waals surface area contributed by atoms with Gasteiger partial charge >= 0.3 is 0 Å². The number of hydrogen-bond acceptors (Lipinski definition) is 5. The number of nitrogens with zero attached hydrogens (tertiary/aromatic N) is 5. The summed E-state index contributed by atoms with van der Waals surface area (Å²) < 4.78 is 20.8. The molecular weight excluding hydrogens is 395 g/mol. The van der Waals surface area contributed by atoms with Crippen molar-refractivity contribution in [3.8, 4) is 22.7 Å². The van der Waals surface area contributed by atoms with Crippen molar-refractivity contribution < 1.29 is 9.13 Å². The van der Waals surface area contributed by atoms with Crippen molar-refractivity contribution in [1.82, 2.24) is 19.5 Å². The monoisotopic (exact) mass is 416 g/mol. The van der Waals surface area contributed by atoms with E-state index in [0.717, 1.165) is 22.5 Å². The van der Waals surface area contributed by atoms with Gasteiger partial charge in [0.15, 0.2) is 5.82 Å². The van der Waals surface area contributed by atoms with Crippen molar-refractivity contribution >= 4 is 11.7 Å². The minimum atomic E-state index is -0.295. The van der Waals surface area contributed by atoms with Crippen molar-refractivity contribution in [2.24, 2.45) is 10.7 Å². The number of nitrogens with two attached hydrogens (primary N) is 1. The number of rotatable bonds is 5. The van der Waals surface area contributed by atoms with E-state index in [1.165, 1.54) is 18.3 Å². The first-order valence-electron chi connectivity index (χ1n) is 9.56. The molecule has 0 unspecified atom stereocenters. The summed E-state index contributed by atoms with van der Waals surface area (Å²) in [5.41, 5.74) is 10.8. The molecule has 2 N–H and O–H groups in total. The largest absolute Gasteiger partial charge is 0.495 e. The number of imidazole rings is 1. The van der Waals surface area contributed by atoms with Gasteiger partial charge in [-0.05, 0) is 55.8 Å². The van der Waals surface area contributed by atoms with Crippen LogP contribution < -0.4 is 10.5 Å². The lowest BCUT2D eigenvalue weighted by Gasteiger charge is -2.11. The van der Waals surface area contributed by atoms with E-state index in [4.69, 9.17) is 10.5 Å². The van der Waals surface area contributed by atoms with E-state index in [1.54, 1.807) is 25.7 Å². The van der Waals surface area contributed by atoms with Crippen LogP contribution in [0.3, 0.4) is 0 Å². The van der Waals surface area contributed by atoms with Crippen LogP contribution >= 0.6 is 0 Å². The van der Waals surface area contributed by atoms with Crippen LogP contribution in [0.5, 0.6) is 5.75 Å². The third kappa shape index (κ3) is 4.28. The molecule has 0 fully saturated rings. The maximum absolute atomic E-state index is 13.4. The number of halogens is 1. The van der Waals surface area contributed by atoms with Crippen LogP contribution in [0.1, 0.15) is 16.8 Å². The van der Waals surface area contributed by atoms with Crippen molar-refractivity contribution in [1.29, 1.82) is 0 Å². The first-order valence-corrected chi connectivity index (χ1v) is 9.56. The number of aryl methyl sites for hydroxylation is 2. The van der Waals surface area contributed by atoms with Crippen LogP contribution in [0.25, 0.3) is 16.9 Å². The lowest BCUT2D eigenvalue weighted by Crippen LogP contribution is -2.13. The molecule has 0 atom stereocenters. The van der Waals surface area contributed by atoms with Gasteiger partial charge in [-0.3, -0.25) is 4.98 Å². The summed E-state index contributed by atoms with van der Waals surface area (Å²) in [4.78, 5) is 17.4. The Kier molecular flexibility index (Phi) is 5.44. The van der Waals surface area contributed by atoms with E-state index < -0.39 is 0 Å². The molecule has 0 aliphatic heterocycles. The summed E-state index contributed by atoms with van der Waals surface area (Å²) in [6, 6.07) is 10.1. The van der Waals surface area contributed by atoms with Crippen molar-refractivity contribution in [2.45, 2.75) is 13.8 Å². The molecule has 0 saturated heterocycles. The van der Waals surface area contributed by atoms with E-state index in [2.05, 4.69) is 19.9 Å². The van der Waals surface area contributed by atoms with Gasteiger partial charge < -0.3 is 15.0 Å². The minimum absolute atomic E-state index is 0.272. The van der Waals surface area contributed by atoms with E-state index in [-0.39, 0.29) is 11.7 Å². The second-order valence-electron chi connectivity index (χ2n) is 7.03. The molecule has 4 aromatic rings. The van der Waals surface area contributed by atoms with Crippen LogP contribution in [-0.4, -0.2) is 32.5 Å². The van der Waals surface area contributed by atoms with Gasteiger partial charge in [-0.2, -0.15) is 0 Å². The molecule has 8 heteroatoms. The van der Waals surface area contributed by atoms with Crippen LogP contribution in [0.2, 0.25) is 0 Å². The molecular formula is C23H21FN6O. The Bertz CT molecular complexity index is 1280. The summed E-state index contributed by atoms with van der Waals surface area (Å²) in [5, 5.41) is 0. The summed E-state index contributed by atoms with van der Waals surface area (Å²) >= 11 is 0. The molecule has 31 heavy (non-hydrogen) atoms. The van der Waals surface area contributed by atoms with Gasteiger partial charge in [0, 0.05) is 17.3 Å². The molecule has 2 heterocycles. The van der Waals surface area contributed by atoms with Crippen LogP contribution in [-0.2, 0) is 0 Å². The highest BCUT2D eigenvalue weighted by Gasteiger charge is 2.11. The summed E-state index contributed by atoms with van der Waals surface area (Å²) in [6.45, 7) is 3.74. The molecule has 0 radical (unpaired) electrons. The highest BCUT2D eigenvalue weighted by Crippen LogP contribution is 2.26. The van der Waals surface area contributed by atoms with Crippen molar-refractivity contribution in [2.75, 3.05) is 7.11 Å². The van der Waals surface area contributed by atoms with Gasteiger partial charge in [0.1, 0.15) is 17.4 Å². The third-order valence-electron chi connectivity index (χ3n) is 4.79. The number of aliphatic imine (C=N–C) groups is 1. The van der Waals surface area contributed by atoms with Gasteiger partial charge in [-0.25, -0.2) is 19.4 Å². The second kappa shape index (κ2) is 8.35. The van der Waals surface area contributed by atoms with Gasteiger partial charge in [-0.1, -0.05) is 0 Å². The van der Waals surface area contributed by atoms with Crippen LogP contribution in [0, 0.1) is 19.7 Å². The summed E-state index contributed by atoms with van der Waals surface area (Å²) in [7, 11) is 1.60. The zero-order valence-electron chi connectivity index (χ0n) is 17.4. The number of amidine groups is 1. The Hall–Kier alpha value is -4.07. The average molecular weight is 416 g/mol. The molecule has 2 aromatic carbocycles. The minimum Gasteiger partial charge on any atom is -0.495 e. The van der Waals surface area contributed by atoms with Crippen LogP contribution in [0.4, 0.5) is 10.2 Å². The Labute approximate surface area is 179 Å². The first-order chi connectivity index (χ1) is 14.9. The highest BCUT2D eigenvalue weighted by molar-refractivity contribution is 5.99. The van der Waals surface area contributed by atoms with E-state index in [1.807, 2.05) is 42.8 Å². The molecule has 0 saturated carbocycles. The fourth-order valence-electron chi connectivity index (χ4n) is 3.24. The molecule has 0 amide bonds. The molecule has 2 aromatic heterocycles. The van der Waals surface area contributed by atoms with Gasteiger partial charge in [0.2, 0.25) is 0 Å². The normalized spacial score (nSPS) is 11.5. The molecule has 0 spiro atoms. The lowest BCUT2D eigenvalue weighted by atomic mass is 10.1. The topological polar surface area (TPSA) is 91.2 Å². The number of benzene rings is 2. The Morgan fingerprint density at radius 3 is 2.68 bits per heavy atom. The first kappa shape index (κ1) is 20.2.